The summed E-state index contributed by atoms with van der Waals surface area (Å²) in [5.41, 5.74) is 6.41. The van der Waals surface area contributed by atoms with E-state index in [1.165, 1.54) is 35.5 Å². The Morgan fingerprint density at radius 1 is 1.05 bits per heavy atom. The Bertz CT molecular complexity index is 1360. The zero-order valence-electron chi connectivity index (χ0n) is 21.2. The fraction of sp³-hybridized carbons (Fsp3) is 0.276. The average Bonchev–Trinajstić information content (AvgIpc) is 3.65. The number of nitrogens with zero attached hydrogens (tertiary/aromatic N) is 2. The van der Waals surface area contributed by atoms with Gasteiger partial charge in [-0.05, 0) is 77.8 Å². The summed E-state index contributed by atoms with van der Waals surface area (Å²) in [4.78, 5) is 35.3. The van der Waals surface area contributed by atoms with E-state index in [1.54, 1.807) is 31.2 Å². The molecular formula is C29H29N3O5. The molecule has 0 radical (unpaired) electrons. The Labute approximate surface area is 215 Å². The smallest absolute Gasteiger partial charge is 0.343 e. The molecule has 37 heavy (non-hydrogen) atoms. The second kappa shape index (κ2) is 10.3. The van der Waals surface area contributed by atoms with Gasteiger partial charge in [0.2, 0.25) is 5.91 Å². The molecule has 1 fully saturated rings. The largest absolute Gasteiger partial charge is 0.423 e. The van der Waals surface area contributed by atoms with Crippen molar-refractivity contribution < 1.29 is 19.2 Å². The van der Waals surface area contributed by atoms with E-state index in [0.717, 1.165) is 12.0 Å². The van der Waals surface area contributed by atoms with Crippen molar-refractivity contribution in [2.75, 3.05) is 0 Å². The molecule has 1 saturated carbocycles. The summed E-state index contributed by atoms with van der Waals surface area (Å²) >= 11 is 0. The molecule has 1 aliphatic rings. The van der Waals surface area contributed by atoms with Gasteiger partial charge >= 0.3 is 5.97 Å². The van der Waals surface area contributed by atoms with Crippen molar-refractivity contribution in [3.05, 3.63) is 105 Å². The van der Waals surface area contributed by atoms with Crippen LogP contribution in [-0.4, -0.2) is 23.0 Å². The number of nitrogens with one attached hydrogen (secondary N) is 1. The summed E-state index contributed by atoms with van der Waals surface area (Å²) in [6.45, 7) is 8.10. The molecule has 4 rings (SSSR count). The Balaban J connectivity index is 1.27. The predicted molar refractivity (Wildman–Crippen MR) is 141 cm³/mol. The summed E-state index contributed by atoms with van der Waals surface area (Å²) < 4.78 is 5.35. The maximum absolute atomic E-state index is 12.5. The van der Waals surface area contributed by atoms with Gasteiger partial charge < -0.3 is 4.74 Å². The number of ether oxygens (including phenoxy) is 1. The summed E-state index contributed by atoms with van der Waals surface area (Å²) in [7, 11) is 0. The molecular weight excluding hydrogens is 470 g/mol. The highest BCUT2D eigenvalue weighted by atomic mass is 16.6. The van der Waals surface area contributed by atoms with Crippen LogP contribution in [0.3, 0.4) is 0 Å². The zero-order chi connectivity index (χ0) is 26.7. The number of nitro benzene ring substituents is 1. The Morgan fingerprint density at radius 3 is 2.32 bits per heavy atom. The molecule has 0 aliphatic heterocycles. The third kappa shape index (κ3) is 6.27. The lowest BCUT2D eigenvalue weighted by atomic mass is 9.86. The fourth-order valence-electron chi connectivity index (χ4n) is 4.11. The van der Waals surface area contributed by atoms with Gasteiger partial charge in [-0.25, -0.2) is 10.2 Å². The highest BCUT2D eigenvalue weighted by Crippen LogP contribution is 2.47. The van der Waals surface area contributed by atoms with E-state index in [1.807, 2.05) is 0 Å². The van der Waals surface area contributed by atoms with Crippen LogP contribution in [0.5, 0.6) is 5.75 Å². The SMILES string of the molecule is Cc1cc(C(=O)Oc2ccc(/C=N/NC(=O)[C@H]3C[C@@H]3c3ccc(C(C)(C)C)cc3)cc2)ccc1[N+](=O)[O-]. The van der Waals surface area contributed by atoms with Crippen LogP contribution in [0.15, 0.2) is 71.8 Å². The van der Waals surface area contributed by atoms with E-state index < -0.39 is 10.9 Å². The number of benzene rings is 3. The Morgan fingerprint density at radius 2 is 1.73 bits per heavy atom. The third-order valence-corrected chi connectivity index (χ3v) is 6.44. The maximum Gasteiger partial charge on any atom is 0.343 e. The number of aryl methyl sites for hydroxylation is 1. The molecule has 190 valence electrons. The van der Waals surface area contributed by atoms with Gasteiger partial charge in [-0.3, -0.25) is 14.9 Å². The first-order valence-electron chi connectivity index (χ1n) is 12.0. The lowest BCUT2D eigenvalue weighted by Crippen LogP contribution is -2.20. The van der Waals surface area contributed by atoms with Crippen molar-refractivity contribution in [1.82, 2.24) is 5.43 Å². The van der Waals surface area contributed by atoms with E-state index >= 15 is 0 Å². The summed E-state index contributed by atoms with van der Waals surface area (Å²) in [5, 5.41) is 15.0. The number of esters is 1. The maximum atomic E-state index is 12.5. The van der Waals surface area contributed by atoms with Gasteiger partial charge in [-0.15, -0.1) is 0 Å². The topological polar surface area (TPSA) is 111 Å². The molecule has 0 bridgehead atoms. The van der Waals surface area contributed by atoms with E-state index in [-0.39, 0.29) is 34.4 Å². The van der Waals surface area contributed by atoms with Crippen LogP contribution in [0.1, 0.15) is 65.7 Å². The Hall–Kier alpha value is -4.33. The van der Waals surface area contributed by atoms with Crippen molar-refractivity contribution in [3.63, 3.8) is 0 Å². The molecule has 0 unspecified atom stereocenters. The second-order valence-electron chi connectivity index (χ2n) is 10.3. The van der Waals surface area contributed by atoms with Gasteiger partial charge in [0.25, 0.3) is 5.69 Å². The molecule has 0 saturated heterocycles. The van der Waals surface area contributed by atoms with Crippen LogP contribution in [0.25, 0.3) is 0 Å². The minimum absolute atomic E-state index is 0.0563. The molecule has 8 heteroatoms. The number of carbonyl (C=O) groups excluding carboxylic acids is 2. The summed E-state index contributed by atoms with van der Waals surface area (Å²) in [5.74, 6) is -0.260. The van der Waals surface area contributed by atoms with Crippen LogP contribution in [0.2, 0.25) is 0 Å². The van der Waals surface area contributed by atoms with Gasteiger partial charge in [-0.1, -0.05) is 45.0 Å². The molecule has 0 spiro atoms. The van der Waals surface area contributed by atoms with Gasteiger partial charge in [0.1, 0.15) is 5.75 Å². The van der Waals surface area contributed by atoms with Gasteiger partial charge in [-0.2, -0.15) is 5.10 Å². The van der Waals surface area contributed by atoms with Crippen LogP contribution in [0, 0.1) is 23.0 Å². The number of rotatable bonds is 7. The molecule has 0 aromatic heterocycles. The number of amides is 1. The van der Waals surface area contributed by atoms with E-state index in [9.17, 15) is 19.7 Å². The van der Waals surface area contributed by atoms with E-state index in [4.69, 9.17) is 4.74 Å². The molecule has 1 N–H and O–H groups in total. The van der Waals surface area contributed by atoms with Crippen LogP contribution in [-0.2, 0) is 10.2 Å². The van der Waals surface area contributed by atoms with Crippen LogP contribution < -0.4 is 10.2 Å². The van der Waals surface area contributed by atoms with Crippen molar-refractivity contribution in [2.45, 2.75) is 45.4 Å². The number of hydrogen-bond acceptors (Lipinski definition) is 6. The molecule has 1 amide bonds. The normalized spacial score (nSPS) is 16.9. The number of hydrazone groups is 1. The molecule has 3 aromatic carbocycles. The van der Waals surface area contributed by atoms with Gasteiger partial charge in [0.05, 0.1) is 16.7 Å². The van der Waals surface area contributed by atoms with Crippen molar-refractivity contribution in [1.29, 1.82) is 0 Å². The van der Waals surface area contributed by atoms with Crippen molar-refractivity contribution in [3.8, 4) is 5.75 Å². The van der Waals surface area contributed by atoms with Gasteiger partial charge in [0, 0.05) is 17.5 Å². The number of nitro groups is 1. The molecule has 0 heterocycles. The highest BCUT2D eigenvalue weighted by molar-refractivity contribution is 5.92. The third-order valence-electron chi connectivity index (χ3n) is 6.44. The van der Waals surface area contributed by atoms with Crippen molar-refractivity contribution >= 4 is 23.8 Å². The molecule has 1 aliphatic carbocycles. The summed E-state index contributed by atoms with van der Waals surface area (Å²) in [6.07, 6.45) is 2.34. The lowest BCUT2D eigenvalue weighted by molar-refractivity contribution is -0.385. The first kappa shape index (κ1) is 25.8. The minimum Gasteiger partial charge on any atom is -0.423 e. The lowest BCUT2D eigenvalue weighted by Gasteiger charge is -2.19. The van der Waals surface area contributed by atoms with Gasteiger partial charge in [0.15, 0.2) is 0 Å². The Kier molecular flexibility index (Phi) is 7.20. The first-order chi connectivity index (χ1) is 17.5. The minimum atomic E-state index is -0.612. The standard InChI is InChI=1S/C29H29N3O5/c1-18-15-21(9-14-26(18)32(35)36)28(34)37-23-12-5-19(6-13-23)17-30-31-27(33)25-16-24(25)20-7-10-22(11-8-20)29(2,3)4/h5-15,17,24-25H,16H2,1-4H3,(H,31,33)/b30-17+/t24-,25+/m1/s1. The number of hydrogen-bond donors (Lipinski definition) is 1. The van der Waals surface area contributed by atoms with Crippen LogP contribution >= 0.6 is 0 Å². The second-order valence-corrected chi connectivity index (χ2v) is 10.3. The molecule has 8 nitrogen and oxygen atoms in total. The summed E-state index contributed by atoms with van der Waals surface area (Å²) in [6, 6.07) is 19.2. The zero-order valence-corrected chi connectivity index (χ0v) is 21.2. The highest BCUT2D eigenvalue weighted by Gasteiger charge is 2.44. The average molecular weight is 500 g/mol. The van der Waals surface area contributed by atoms with Crippen molar-refractivity contribution in [2.24, 2.45) is 11.0 Å². The van der Waals surface area contributed by atoms with E-state index in [2.05, 4.69) is 55.6 Å². The predicted octanol–water partition coefficient (Wildman–Crippen LogP) is 5.67. The first-order valence-corrected chi connectivity index (χ1v) is 12.0. The molecule has 3 aromatic rings. The molecule has 2 atom stereocenters. The number of carbonyl (C=O) groups is 2. The quantitative estimate of drug-likeness (QED) is 0.148. The monoisotopic (exact) mass is 499 g/mol. The van der Waals surface area contributed by atoms with E-state index in [0.29, 0.717) is 11.3 Å². The fourth-order valence-corrected chi connectivity index (χ4v) is 4.11. The van der Waals surface area contributed by atoms with Crippen LogP contribution in [0.4, 0.5) is 5.69 Å².